The average Bonchev–Trinajstić information content (AvgIpc) is 3.07. The molecule has 1 aliphatic heterocycles. The van der Waals surface area contributed by atoms with Gasteiger partial charge in [0.05, 0.1) is 17.6 Å². The number of rotatable bonds is 8. The topological polar surface area (TPSA) is 178 Å². The highest BCUT2D eigenvalue weighted by atomic mass is 32.2. The molecule has 1 atom stereocenters. The van der Waals surface area contributed by atoms with Crippen LogP contribution in [0.15, 0.2) is 63.6 Å². The fourth-order valence-corrected chi connectivity index (χ4v) is 4.26. The minimum absolute atomic E-state index is 0.0157. The molecule has 2 N–H and O–H groups in total. The molecule has 1 aliphatic rings. The molecule has 166 valence electrons. The zero-order valence-corrected chi connectivity index (χ0v) is 17.6. The number of carbonyl (C=O) groups excluding carboxylic acids is 1. The summed E-state index contributed by atoms with van der Waals surface area (Å²) < 4.78 is 29.6. The molecule has 0 spiro atoms. The van der Waals surface area contributed by atoms with Crippen LogP contribution in [0.2, 0.25) is 0 Å². The Morgan fingerprint density at radius 2 is 1.88 bits per heavy atom. The second-order valence-corrected chi connectivity index (χ2v) is 8.94. The van der Waals surface area contributed by atoms with Gasteiger partial charge in [0.2, 0.25) is 5.91 Å². The SMILES string of the molecule is O=C(O)CC1S/C(=N/N=C/c2ccc(OS(=O)(=O)c3ccc([N+](=O)[O-])cc3)cc2)NC1=O. The van der Waals surface area contributed by atoms with Crippen molar-refractivity contribution in [2.45, 2.75) is 16.6 Å². The van der Waals surface area contributed by atoms with Crippen LogP contribution in [-0.2, 0) is 19.7 Å². The second-order valence-electron chi connectivity index (χ2n) is 6.20. The van der Waals surface area contributed by atoms with Gasteiger partial charge in [0, 0.05) is 12.1 Å². The number of thioether (sulfide) groups is 1. The predicted molar refractivity (Wildman–Crippen MR) is 114 cm³/mol. The quantitative estimate of drug-likeness (QED) is 0.247. The molecule has 0 aromatic heterocycles. The Hall–Kier alpha value is -3.78. The van der Waals surface area contributed by atoms with E-state index in [2.05, 4.69) is 15.5 Å². The zero-order valence-electron chi connectivity index (χ0n) is 15.9. The summed E-state index contributed by atoms with van der Waals surface area (Å²) in [4.78, 5) is 32.1. The lowest BCUT2D eigenvalue weighted by Crippen LogP contribution is -2.26. The number of hydrogen-bond donors (Lipinski definition) is 2. The van der Waals surface area contributed by atoms with E-state index in [-0.39, 0.29) is 27.9 Å². The van der Waals surface area contributed by atoms with Gasteiger partial charge in [-0.25, -0.2) is 0 Å². The van der Waals surface area contributed by atoms with E-state index in [4.69, 9.17) is 9.29 Å². The van der Waals surface area contributed by atoms with Gasteiger partial charge in [-0.15, -0.1) is 5.10 Å². The van der Waals surface area contributed by atoms with Crippen molar-refractivity contribution >= 4 is 50.8 Å². The predicted octanol–water partition coefficient (Wildman–Crippen LogP) is 1.76. The minimum atomic E-state index is -4.18. The molecule has 1 unspecified atom stereocenters. The molecule has 1 amide bonds. The van der Waals surface area contributed by atoms with Gasteiger partial charge in [-0.2, -0.15) is 13.5 Å². The number of nitrogens with zero attached hydrogens (tertiary/aromatic N) is 3. The van der Waals surface area contributed by atoms with Gasteiger partial charge in [-0.05, 0) is 42.0 Å². The fraction of sp³-hybridized carbons (Fsp3) is 0.111. The first-order valence-corrected chi connectivity index (χ1v) is 11.0. The molecule has 2 aromatic rings. The number of nitro benzene ring substituents is 1. The second kappa shape index (κ2) is 9.57. The lowest BCUT2D eigenvalue weighted by molar-refractivity contribution is -0.384. The van der Waals surface area contributed by atoms with Gasteiger partial charge in [-0.3, -0.25) is 19.7 Å². The molecule has 0 saturated carbocycles. The number of carboxylic acid groups (broad SMARTS) is 1. The summed E-state index contributed by atoms with van der Waals surface area (Å²) in [5, 5.41) is 28.9. The highest BCUT2D eigenvalue weighted by Crippen LogP contribution is 2.23. The number of aliphatic carboxylic acids is 1. The highest BCUT2D eigenvalue weighted by Gasteiger charge is 2.32. The number of hydrogen-bond acceptors (Lipinski definition) is 10. The Bertz CT molecular complexity index is 1210. The Labute approximate surface area is 185 Å². The first-order valence-electron chi connectivity index (χ1n) is 8.73. The summed E-state index contributed by atoms with van der Waals surface area (Å²) in [6, 6.07) is 10.1. The number of nitrogens with one attached hydrogen (secondary N) is 1. The third-order valence-corrected chi connectivity index (χ3v) is 6.25. The smallest absolute Gasteiger partial charge is 0.339 e. The molecule has 14 heteroatoms. The summed E-state index contributed by atoms with van der Waals surface area (Å²) >= 11 is 0.962. The van der Waals surface area contributed by atoms with Gasteiger partial charge in [0.1, 0.15) is 15.9 Å². The Morgan fingerprint density at radius 1 is 1.22 bits per heavy atom. The van der Waals surface area contributed by atoms with Crippen molar-refractivity contribution in [2.24, 2.45) is 10.2 Å². The molecule has 1 heterocycles. The number of amidine groups is 1. The summed E-state index contributed by atoms with van der Waals surface area (Å²) in [7, 11) is -4.18. The van der Waals surface area contributed by atoms with Crippen LogP contribution in [0, 0.1) is 10.1 Å². The summed E-state index contributed by atoms with van der Waals surface area (Å²) in [5.41, 5.74) is 0.301. The van der Waals surface area contributed by atoms with Crippen LogP contribution in [0.25, 0.3) is 0 Å². The molecular weight excluding hydrogens is 464 g/mol. The first kappa shape index (κ1) is 22.9. The van der Waals surface area contributed by atoms with E-state index < -0.39 is 32.2 Å². The van der Waals surface area contributed by atoms with Crippen molar-refractivity contribution in [1.29, 1.82) is 0 Å². The highest BCUT2D eigenvalue weighted by molar-refractivity contribution is 8.15. The van der Waals surface area contributed by atoms with Crippen LogP contribution >= 0.6 is 11.8 Å². The van der Waals surface area contributed by atoms with E-state index in [1.165, 1.54) is 30.5 Å². The number of carboxylic acids is 1. The van der Waals surface area contributed by atoms with Crippen LogP contribution in [0.4, 0.5) is 5.69 Å². The molecule has 1 fully saturated rings. The number of non-ortho nitro benzene ring substituents is 1. The maximum Gasteiger partial charge on any atom is 0.339 e. The Balaban J connectivity index is 1.62. The fourth-order valence-electron chi connectivity index (χ4n) is 2.41. The number of amides is 1. The largest absolute Gasteiger partial charge is 0.481 e. The van der Waals surface area contributed by atoms with Crippen molar-refractivity contribution in [1.82, 2.24) is 5.32 Å². The molecule has 3 rings (SSSR count). The monoisotopic (exact) mass is 478 g/mol. The molecule has 0 radical (unpaired) electrons. The van der Waals surface area contributed by atoms with E-state index in [1.54, 1.807) is 0 Å². The van der Waals surface area contributed by atoms with Crippen molar-refractivity contribution < 1.29 is 32.2 Å². The number of benzene rings is 2. The normalized spacial score (nSPS) is 17.4. The zero-order chi connectivity index (χ0) is 23.3. The third-order valence-electron chi connectivity index (χ3n) is 3.91. The van der Waals surface area contributed by atoms with Gasteiger partial charge < -0.3 is 14.6 Å². The van der Waals surface area contributed by atoms with Crippen LogP contribution < -0.4 is 9.50 Å². The third kappa shape index (κ3) is 5.89. The first-order chi connectivity index (χ1) is 15.1. The molecule has 1 saturated heterocycles. The molecule has 32 heavy (non-hydrogen) atoms. The van der Waals surface area contributed by atoms with Crippen molar-refractivity contribution in [3.05, 3.63) is 64.2 Å². The van der Waals surface area contributed by atoms with E-state index in [1.807, 2.05) is 0 Å². The van der Waals surface area contributed by atoms with Crippen molar-refractivity contribution in [3.8, 4) is 5.75 Å². The van der Waals surface area contributed by atoms with Gasteiger partial charge in [0.25, 0.3) is 5.69 Å². The van der Waals surface area contributed by atoms with Crippen molar-refractivity contribution in [3.63, 3.8) is 0 Å². The molecule has 0 bridgehead atoms. The summed E-state index contributed by atoms with van der Waals surface area (Å²) in [6.07, 6.45) is 1.02. The van der Waals surface area contributed by atoms with Crippen LogP contribution in [0.1, 0.15) is 12.0 Å². The molecule has 0 aliphatic carbocycles. The molecule has 2 aromatic carbocycles. The van der Waals surface area contributed by atoms with Gasteiger partial charge in [-0.1, -0.05) is 11.8 Å². The summed E-state index contributed by atoms with van der Waals surface area (Å²) in [6.45, 7) is 0. The molecule has 12 nitrogen and oxygen atoms in total. The number of nitro groups is 1. The number of carbonyl (C=O) groups is 2. The summed E-state index contributed by atoms with van der Waals surface area (Å²) in [5.74, 6) is -1.54. The average molecular weight is 478 g/mol. The van der Waals surface area contributed by atoms with Crippen LogP contribution in [0.5, 0.6) is 5.75 Å². The lowest BCUT2D eigenvalue weighted by atomic mass is 10.2. The van der Waals surface area contributed by atoms with E-state index in [0.717, 1.165) is 36.0 Å². The maximum absolute atomic E-state index is 12.3. The van der Waals surface area contributed by atoms with E-state index in [9.17, 15) is 28.1 Å². The van der Waals surface area contributed by atoms with Crippen molar-refractivity contribution in [2.75, 3.05) is 0 Å². The lowest BCUT2D eigenvalue weighted by Gasteiger charge is -2.07. The maximum atomic E-state index is 12.3. The van der Waals surface area contributed by atoms with Crippen LogP contribution in [0.3, 0.4) is 0 Å². The molecular formula is C18H14N4O8S2. The van der Waals surface area contributed by atoms with Crippen LogP contribution in [-0.4, -0.2) is 47.0 Å². The van der Waals surface area contributed by atoms with E-state index >= 15 is 0 Å². The minimum Gasteiger partial charge on any atom is -0.481 e. The van der Waals surface area contributed by atoms with Gasteiger partial charge >= 0.3 is 16.1 Å². The standard InChI is InChI=1S/C18H14N4O8S2/c23-16(24)9-15-17(25)20-18(31-15)21-19-10-11-1-5-13(6-2-11)30-32(28,29)14-7-3-12(4-8-14)22(26)27/h1-8,10,15H,9H2,(H,23,24)(H,20,21,25)/b19-10+. The Kier molecular flexibility index (Phi) is 6.85. The Morgan fingerprint density at radius 3 is 2.47 bits per heavy atom. The van der Waals surface area contributed by atoms with Gasteiger partial charge in [0.15, 0.2) is 5.17 Å². The van der Waals surface area contributed by atoms with E-state index in [0.29, 0.717) is 5.56 Å².